The molecular formula is C22H29N9O3. The lowest BCUT2D eigenvalue weighted by Gasteiger charge is -2.15. The van der Waals surface area contributed by atoms with Crippen LogP contribution in [0.3, 0.4) is 0 Å². The van der Waals surface area contributed by atoms with Gasteiger partial charge in [0.05, 0.1) is 39.8 Å². The predicted molar refractivity (Wildman–Crippen MR) is 138 cm³/mol. The van der Waals surface area contributed by atoms with Gasteiger partial charge in [0, 0.05) is 16.8 Å². The Hall–Kier alpha value is -4.87. The van der Waals surface area contributed by atoms with E-state index in [-0.39, 0.29) is 45.4 Å². The fourth-order valence-corrected chi connectivity index (χ4v) is 3.33. The molecule has 0 fully saturated rings. The molecule has 2 aromatic carbocycles. The van der Waals surface area contributed by atoms with Crippen LogP contribution in [0, 0.1) is 19.8 Å². The first-order chi connectivity index (χ1) is 15.7. The van der Waals surface area contributed by atoms with Crippen molar-refractivity contribution in [3.05, 3.63) is 34.4 Å². The zero-order valence-corrected chi connectivity index (χ0v) is 18.8. The van der Waals surface area contributed by atoms with Crippen LogP contribution in [0.1, 0.15) is 22.3 Å². The van der Waals surface area contributed by atoms with E-state index in [4.69, 9.17) is 51.6 Å². The van der Waals surface area contributed by atoms with Crippen molar-refractivity contribution in [2.24, 2.45) is 11.7 Å². The van der Waals surface area contributed by atoms with Gasteiger partial charge in [0.1, 0.15) is 0 Å². The fraction of sp³-hybridized carbons (Fsp3) is 0.136. The molecule has 180 valence electrons. The van der Waals surface area contributed by atoms with Crippen LogP contribution in [-0.4, -0.2) is 17.5 Å². The lowest BCUT2D eigenvalue weighted by Crippen LogP contribution is -2.35. The van der Waals surface area contributed by atoms with Crippen LogP contribution in [-0.2, 0) is 14.4 Å². The van der Waals surface area contributed by atoms with Crippen LogP contribution < -0.4 is 51.6 Å². The standard InChI is InChI=1S/C22H29N9O3/c1-7-9(16(25)15(24)8(2)14(7)23)3-5-11(32)13(22(31)34)12(33)6-4-10-17(26)19(28)21(30)20(29)18(10)27/h3-6,13H,23-30H2,1-2H3,(H2,31,34)/b5-3+,6-4+. The SMILES string of the molecule is Cc1c(N)c(C)c(/C=C/C(=O)C(C(N)=O)C(=O)/C=C/c2c(N)c(N)c(N)c(N)c2N)c(N)c1N. The Bertz CT molecular complexity index is 1130. The van der Waals surface area contributed by atoms with Crippen molar-refractivity contribution in [3.63, 3.8) is 0 Å². The van der Waals surface area contributed by atoms with E-state index in [1.807, 2.05) is 0 Å². The number of rotatable bonds is 7. The molecule has 0 heterocycles. The number of benzene rings is 2. The van der Waals surface area contributed by atoms with Crippen molar-refractivity contribution in [2.75, 3.05) is 45.9 Å². The molecule has 0 saturated carbocycles. The third kappa shape index (κ3) is 4.37. The summed E-state index contributed by atoms with van der Waals surface area (Å²) in [6.45, 7) is 3.41. The number of nitrogens with two attached hydrogens (primary N) is 9. The molecule has 0 spiro atoms. The third-order valence-corrected chi connectivity index (χ3v) is 5.62. The molecule has 18 N–H and O–H groups in total. The minimum atomic E-state index is -1.82. The van der Waals surface area contributed by atoms with E-state index in [1.165, 1.54) is 12.2 Å². The zero-order chi connectivity index (χ0) is 26.1. The van der Waals surface area contributed by atoms with Gasteiger partial charge in [-0.2, -0.15) is 0 Å². The van der Waals surface area contributed by atoms with Crippen LogP contribution in [0.5, 0.6) is 0 Å². The molecule has 1 amide bonds. The molecule has 12 nitrogen and oxygen atoms in total. The van der Waals surface area contributed by atoms with Crippen LogP contribution in [0.15, 0.2) is 12.2 Å². The van der Waals surface area contributed by atoms with E-state index in [0.717, 1.165) is 12.2 Å². The molecule has 0 bridgehead atoms. The number of carbonyl (C=O) groups is 3. The number of carbonyl (C=O) groups excluding carboxylic acids is 3. The van der Waals surface area contributed by atoms with Crippen molar-refractivity contribution < 1.29 is 14.4 Å². The molecule has 12 heteroatoms. The van der Waals surface area contributed by atoms with Crippen molar-refractivity contribution in [3.8, 4) is 0 Å². The zero-order valence-electron chi connectivity index (χ0n) is 18.8. The van der Waals surface area contributed by atoms with Gasteiger partial charge in [0.25, 0.3) is 0 Å². The molecular weight excluding hydrogens is 438 g/mol. The summed E-state index contributed by atoms with van der Waals surface area (Å²) in [5, 5.41) is 0. The third-order valence-electron chi connectivity index (χ3n) is 5.62. The molecule has 1 unspecified atom stereocenters. The topological polar surface area (TPSA) is 285 Å². The predicted octanol–water partition coefficient (Wildman–Crippen LogP) is -0.0727. The summed E-state index contributed by atoms with van der Waals surface area (Å²) in [5.74, 6) is -4.77. The van der Waals surface area contributed by atoms with Gasteiger partial charge in [-0.3, -0.25) is 14.4 Å². The van der Waals surface area contributed by atoms with Crippen LogP contribution in [0.4, 0.5) is 45.5 Å². The largest absolute Gasteiger partial charge is 0.398 e. The normalized spacial score (nSPS) is 12.3. The summed E-state index contributed by atoms with van der Waals surface area (Å²) in [6.07, 6.45) is 4.44. The van der Waals surface area contributed by atoms with E-state index in [0.29, 0.717) is 22.4 Å². The van der Waals surface area contributed by atoms with Crippen LogP contribution in [0.25, 0.3) is 12.2 Å². The lowest BCUT2D eigenvalue weighted by atomic mass is 9.94. The Labute approximate surface area is 195 Å². The van der Waals surface area contributed by atoms with Gasteiger partial charge in [-0.05, 0) is 49.3 Å². The number of primary amides is 1. The second-order valence-corrected chi connectivity index (χ2v) is 7.69. The highest BCUT2D eigenvalue weighted by Gasteiger charge is 2.29. The van der Waals surface area contributed by atoms with Gasteiger partial charge in [0.15, 0.2) is 17.5 Å². The highest BCUT2D eigenvalue weighted by Crippen LogP contribution is 2.39. The van der Waals surface area contributed by atoms with Crippen molar-refractivity contribution >= 4 is 75.1 Å². The number of allylic oxidation sites excluding steroid dienone is 2. The monoisotopic (exact) mass is 467 g/mol. The Balaban J connectivity index is 2.41. The number of nitrogen functional groups attached to an aromatic ring is 8. The molecule has 2 aromatic rings. The van der Waals surface area contributed by atoms with Gasteiger partial charge < -0.3 is 51.6 Å². The van der Waals surface area contributed by atoms with Crippen molar-refractivity contribution in [1.82, 2.24) is 0 Å². The molecule has 0 saturated heterocycles. The molecule has 34 heavy (non-hydrogen) atoms. The smallest absolute Gasteiger partial charge is 0.236 e. The molecule has 0 aromatic heterocycles. The molecule has 1 atom stereocenters. The summed E-state index contributed by atoms with van der Waals surface area (Å²) < 4.78 is 0. The second kappa shape index (κ2) is 9.32. The summed E-state index contributed by atoms with van der Waals surface area (Å²) in [5.41, 5.74) is 55.0. The fourth-order valence-electron chi connectivity index (χ4n) is 3.33. The van der Waals surface area contributed by atoms with E-state index in [2.05, 4.69) is 0 Å². The van der Waals surface area contributed by atoms with E-state index in [1.54, 1.807) is 13.8 Å². The number of ketones is 2. The maximum absolute atomic E-state index is 12.7. The maximum Gasteiger partial charge on any atom is 0.236 e. The van der Waals surface area contributed by atoms with Gasteiger partial charge in [0.2, 0.25) is 5.91 Å². The highest BCUT2D eigenvalue weighted by molar-refractivity contribution is 6.25. The molecule has 0 aliphatic carbocycles. The second-order valence-electron chi connectivity index (χ2n) is 7.69. The van der Waals surface area contributed by atoms with Gasteiger partial charge in [-0.1, -0.05) is 0 Å². The highest BCUT2D eigenvalue weighted by atomic mass is 16.2. The van der Waals surface area contributed by atoms with E-state index < -0.39 is 23.4 Å². The minimum absolute atomic E-state index is 0.000694. The quantitative estimate of drug-likeness (QED) is 0.147. The molecule has 2 rings (SSSR count). The van der Waals surface area contributed by atoms with Crippen LogP contribution in [0.2, 0.25) is 0 Å². The van der Waals surface area contributed by atoms with E-state index in [9.17, 15) is 14.4 Å². The summed E-state index contributed by atoms with van der Waals surface area (Å²) >= 11 is 0. The molecule has 0 aliphatic heterocycles. The minimum Gasteiger partial charge on any atom is -0.398 e. The van der Waals surface area contributed by atoms with Gasteiger partial charge in [-0.25, -0.2) is 0 Å². The Morgan fingerprint density at radius 1 is 0.559 bits per heavy atom. The molecule has 0 aliphatic rings. The summed E-state index contributed by atoms with van der Waals surface area (Å²) in [7, 11) is 0. The Morgan fingerprint density at radius 3 is 1.38 bits per heavy atom. The molecule has 0 radical (unpaired) electrons. The number of anilines is 8. The maximum atomic E-state index is 12.7. The summed E-state index contributed by atoms with van der Waals surface area (Å²) in [4.78, 5) is 37.3. The van der Waals surface area contributed by atoms with Crippen molar-refractivity contribution in [1.29, 1.82) is 0 Å². The van der Waals surface area contributed by atoms with E-state index >= 15 is 0 Å². The average Bonchev–Trinajstić information content (AvgIpc) is 2.78. The first-order valence-electron chi connectivity index (χ1n) is 9.90. The van der Waals surface area contributed by atoms with Gasteiger partial charge >= 0.3 is 0 Å². The van der Waals surface area contributed by atoms with Gasteiger partial charge in [-0.15, -0.1) is 0 Å². The summed E-state index contributed by atoms with van der Waals surface area (Å²) in [6, 6.07) is 0. The first kappa shape index (κ1) is 25.4. The van der Waals surface area contributed by atoms with Crippen molar-refractivity contribution in [2.45, 2.75) is 13.8 Å². The number of hydrogen-bond acceptors (Lipinski definition) is 11. The Kier molecular flexibility index (Phi) is 6.96. The Morgan fingerprint density at radius 2 is 0.941 bits per heavy atom. The average molecular weight is 468 g/mol. The first-order valence-corrected chi connectivity index (χ1v) is 9.90. The lowest BCUT2D eigenvalue weighted by molar-refractivity contribution is -0.135. The number of hydrogen-bond donors (Lipinski definition) is 9. The van der Waals surface area contributed by atoms with Crippen LogP contribution >= 0.6 is 0 Å². The number of amides is 1.